The van der Waals surface area contributed by atoms with Gasteiger partial charge in [0.2, 0.25) is 0 Å². The fourth-order valence-electron chi connectivity index (χ4n) is 1.70. The Balaban J connectivity index is 2.49. The van der Waals surface area contributed by atoms with E-state index in [4.69, 9.17) is 5.73 Å². The molecule has 3 heteroatoms. The van der Waals surface area contributed by atoms with Crippen LogP contribution in [0.4, 0.5) is 4.39 Å². The number of aromatic nitrogens is 1. The number of hydrogen-bond donors (Lipinski definition) is 1. The first-order chi connectivity index (χ1) is 7.77. The molecule has 0 saturated heterocycles. The minimum absolute atomic E-state index is 0.0945. The molecule has 1 heterocycles. The molecular weight excluding hydrogens is 203 g/mol. The molecule has 82 valence electrons. The maximum Gasteiger partial charge on any atom is 0.174 e. The number of nitrogens with zero attached hydrogens (tertiary/aromatic N) is 1. The lowest BCUT2D eigenvalue weighted by atomic mass is 9.89. The normalized spacial score (nSPS) is 14.4. The van der Waals surface area contributed by atoms with Gasteiger partial charge < -0.3 is 5.73 Å². The van der Waals surface area contributed by atoms with Crippen LogP contribution in [0.2, 0.25) is 0 Å². The molecule has 2 nitrogen and oxygen atoms in total. The zero-order chi connectivity index (χ0) is 11.4. The smallest absolute Gasteiger partial charge is 0.174 e. The van der Waals surface area contributed by atoms with Gasteiger partial charge in [0.1, 0.15) is 0 Å². The van der Waals surface area contributed by atoms with Crippen LogP contribution in [0.1, 0.15) is 11.1 Å². The van der Waals surface area contributed by atoms with Crippen LogP contribution in [0.3, 0.4) is 0 Å². The van der Waals surface area contributed by atoms with Gasteiger partial charge >= 0.3 is 0 Å². The fraction of sp³-hybridized carbons (Fsp3) is 0.154. The first kappa shape index (κ1) is 10.8. The Labute approximate surface area is 93.9 Å². The summed E-state index contributed by atoms with van der Waals surface area (Å²) < 4.78 is 14.8. The summed E-state index contributed by atoms with van der Waals surface area (Å²) in [6, 6.07) is 12.3. The molecule has 0 aliphatic heterocycles. The van der Waals surface area contributed by atoms with Crippen molar-refractivity contribution in [1.29, 1.82) is 0 Å². The Hall–Kier alpha value is -1.74. The highest BCUT2D eigenvalue weighted by Crippen LogP contribution is 2.32. The topological polar surface area (TPSA) is 38.9 Å². The van der Waals surface area contributed by atoms with Crippen LogP contribution in [0.15, 0.2) is 54.9 Å². The molecule has 0 radical (unpaired) electrons. The van der Waals surface area contributed by atoms with Gasteiger partial charge in [-0.05, 0) is 11.6 Å². The van der Waals surface area contributed by atoms with E-state index in [1.807, 2.05) is 6.07 Å². The highest BCUT2D eigenvalue weighted by Gasteiger charge is 2.32. The molecule has 0 fully saturated rings. The van der Waals surface area contributed by atoms with Crippen molar-refractivity contribution in [1.82, 2.24) is 4.98 Å². The van der Waals surface area contributed by atoms with Gasteiger partial charge in [-0.3, -0.25) is 4.98 Å². The maximum absolute atomic E-state index is 14.8. The second-order valence-electron chi connectivity index (χ2n) is 3.61. The summed E-state index contributed by atoms with van der Waals surface area (Å²) in [7, 11) is 0. The molecule has 2 N–H and O–H groups in total. The van der Waals surface area contributed by atoms with Gasteiger partial charge in [-0.1, -0.05) is 36.4 Å². The Morgan fingerprint density at radius 2 is 1.75 bits per heavy atom. The monoisotopic (exact) mass is 216 g/mol. The van der Waals surface area contributed by atoms with Gasteiger partial charge in [-0.25, -0.2) is 4.39 Å². The number of benzene rings is 1. The van der Waals surface area contributed by atoms with Crippen LogP contribution in [0.5, 0.6) is 0 Å². The average Bonchev–Trinajstić information content (AvgIpc) is 2.40. The highest BCUT2D eigenvalue weighted by atomic mass is 19.1. The van der Waals surface area contributed by atoms with E-state index in [1.165, 1.54) is 6.20 Å². The van der Waals surface area contributed by atoms with Crippen molar-refractivity contribution >= 4 is 0 Å². The summed E-state index contributed by atoms with van der Waals surface area (Å²) in [6.07, 6.45) is 3.13. The zero-order valence-corrected chi connectivity index (χ0v) is 8.81. The van der Waals surface area contributed by atoms with Crippen molar-refractivity contribution in [3.05, 3.63) is 66.0 Å². The summed E-state index contributed by atoms with van der Waals surface area (Å²) in [6.45, 7) is -0.0945. The van der Waals surface area contributed by atoms with Gasteiger partial charge in [0, 0.05) is 24.5 Å². The van der Waals surface area contributed by atoms with Crippen molar-refractivity contribution in [2.24, 2.45) is 5.73 Å². The molecule has 16 heavy (non-hydrogen) atoms. The van der Waals surface area contributed by atoms with E-state index in [-0.39, 0.29) is 6.54 Å². The molecular formula is C13H13FN2. The maximum atomic E-state index is 14.8. The predicted molar refractivity (Wildman–Crippen MR) is 61.6 cm³/mol. The van der Waals surface area contributed by atoms with Crippen LogP contribution in [-0.4, -0.2) is 11.5 Å². The van der Waals surface area contributed by atoms with Gasteiger partial charge in [0.05, 0.1) is 0 Å². The van der Waals surface area contributed by atoms with Gasteiger partial charge in [-0.2, -0.15) is 0 Å². The van der Waals surface area contributed by atoms with E-state index in [0.29, 0.717) is 11.1 Å². The Kier molecular flexibility index (Phi) is 2.97. The third-order valence-electron chi connectivity index (χ3n) is 2.63. The number of pyridine rings is 1. The molecule has 1 atom stereocenters. The van der Waals surface area contributed by atoms with Gasteiger partial charge in [0.15, 0.2) is 5.67 Å². The van der Waals surface area contributed by atoms with Crippen LogP contribution >= 0.6 is 0 Å². The summed E-state index contributed by atoms with van der Waals surface area (Å²) in [5.41, 5.74) is 4.96. The molecule has 1 aromatic heterocycles. The number of hydrogen-bond acceptors (Lipinski definition) is 2. The molecule has 0 bridgehead atoms. The lowest BCUT2D eigenvalue weighted by Gasteiger charge is -2.24. The van der Waals surface area contributed by atoms with Crippen molar-refractivity contribution in [3.8, 4) is 0 Å². The second kappa shape index (κ2) is 4.41. The average molecular weight is 216 g/mol. The standard InChI is InChI=1S/C13H13FN2/c14-13(10-15,11-5-2-1-3-6-11)12-7-4-8-16-9-12/h1-9H,10,15H2. The third kappa shape index (κ3) is 1.82. The van der Waals surface area contributed by atoms with Crippen LogP contribution < -0.4 is 5.73 Å². The minimum Gasteiger partial charge on any atom is -0.327 e. The van der Waals surface area contributed by atoms with E-state index in [1.54, 1.807) is 42.6 Å². The van der Waals surface area contributed by atoms with Crippen molar-refractivity contribution in [2.45, 2.75) is 5.67 Å². The van der Waals surface area contributed by atoms with Crippen molar-refractivity contribution in [2.75, 3.05) is 6.54 Å². The number of nitrogens with two attached hydrogens (primary N) is 1. The van der Waals surface area contributed by atoms with Crippen LogP contribution in [0, 0.1) is 0 Å². The van der Waals surface area contributed by atoms with E-state index in [9.17, 15) is 4.39 Å². The van der Waals surface area contributed by atoms with Crippen LogP contribution in [0.25, 0.3) is 0 Å². The van der Waals surface area contributed by atoms with Gasteiger partial charge in [0.25, 0.3) is 0 Å². The molecule has 0 amide bonds. The molecule has 0 aliphatic rings. The second-order valence-corrected chi connectivity index (χ2v) is 3.61. The van der Waals surface area contributed by atoms with E-state index >= 15 is 0 Å². The minimum atomic E-state index is -1.66. The zero-order valence-electron chi connectivity index (χ0n) is 8.81. The van der Waals surface area contributed by atoms with Crippen LogP contribution in [-0.2, 0) is 5.67 Å². The van der Waals surface area contributed by atoms with E-state index < -0.39 is 5.67 Å². The lowest BCUT2D eigenvalue weighted by molar-refractivity contribution is 0.232. The summed E-state index contributed by atoms with van der Waals surface area (Å²) in [5, 5.41) is 0. The quantitative estimate of drug-likeness (QED) is 0.854. The number of halogens is 1. The summed E-state index contributed by atoms with van der Waals surface area (Å²) >= 11 is 0. The SMILES string of the molecule is NCC(F)(c1ccccc1)c1cccnc1. The highest BCUT2D eigenvalue weighted by molar-refractivity contribution is 5.35. The van der Waals surface area contributed by atoms with Gasteiger partial charge in [-0.15, -0.1) is 0 Å². The molecule has 0 spiro atoms. The van der Waals surface area contributed by atoms with E-state index in [2.05, 4.69) is 4.98 Å². The lowest BCUT2D eigenvalue weighted by Crippen LogP contribution is -2.31. The van der Waals surface area contributed by atoms with Crippen molar-refractivity contribution in [3.63, 3.8) is 0 Å². The Bertz CT molecular complexity index is 403. The molecule has 0 aliphatic carbocycles. The predicted octanol–water partition coefficient (Wildman–Crippen LogP) is 2.25. The molecule has 1 aromatic carbocycles. The first-order valence-electron chi connectivity index (χ1n) is 5.12. The number of alkyl halides is 1. The summed E-state index contributed by atoms with van der Waals surface area (Å²) in [5.74, 6) is 0. The molecule has 0 saturated carbocycles. The molecule has 1 unspecified atom stereocenters. The largest absolute Gasteiger partial charge is 0.327 e. The fourth-order valence-corrected chi connectivity index (χ4v) is 1.70. The van der Waals surface area contributed by atoms with E-state index in [0.717, 1.165) is 0 Å². The summed E-state index contributed by atoms with van der Waals surface area (Å²) in [4.78, 5) is 3.93. The molecule has 2 aromatic rings. The molecule has 2 rings (SSSR count). The number of rotatable bonds is 3. The Morgan fingerprint density at radius 1 is 1.06 bits per heavy atom. The Morgan fingerprint density at radius 3 is 2.31 bits per heavy atom. The van der Waals surface area contributed by atoms with Crippen molar-refractivity contribution < 1.29 is 4.39 Å². The first-order valence-corrected chi connectivity index (χ1v) is 5.12. The third-order valence-corrected chi connectivity index (χ3v) is 2.63.